The van der Waals surface area contributed by atoms with Crippen molar-refractivity contribution in [2.24, 2.45) is 0 Å². The monoisotopic (exact) mass is 939 g/mol. The van der Waals surface area contributed by atoms with Gasteiger partial charge >= 0.3 is 0 Å². The third-order valence-electron chi connectivity index (χ3n) is 14.5. The van der Waals surface area contributed by atoms with Gasteiger partial charge in [-0.25, -0.2) is 0 Å². The zero-order chi connectivity index (χ0) is 46.6. The second-order valence-electron chi connectivity index (χ2n) is 18.5. The van der Waals surface area contributed by atoms with Crippen molar-refractivity contribution in [3.8, 4) is 33.6 Å². The van der Waals surface area contributed by atoms with Crippen LogP contribution in [0.4, 0.5) is 17.1 Å². The third-order valence-corrected chi connectivity index (χ3v) is 16.8. The molecule has 71 heavy (non-hydrogen) atoms. The summed E-state index contributed by atoms with van der Waals surface area (Å²) in [6, 6.07) is 92.0. The van der Waals surface area contributed by atoms with Gasteiger partial charge in [0.1, 0.15) is 0 Å². The number of hydrogen-bond donors (Lipinski definition) is 0. The van der Waals surface area contributed by atoms with Crippen molar-refractivity contribution in [3.05, 3.63) is 249 Å². The van der Waals surface area contributed by atoms with Crippen LogP contribution in [0.15, 0.2) is 249 Å². The Kier molecular flexibility index (Phi) is 9.00. The Balaban J connectivity index is 0.950. The zero-order valence-corrected chi connectivity index (χ0v) is 40.0. The highest BCUT2D eigenvalue weighted by Crippen LogP contribution is 2.44. The number of para-hydroxylation sites is 4. The molecule has 11 aromatic carbocycles. The number of fused-ring (bicyclic) bond motifs is 12. The van der Waals surface area contributed by atoms with E-state index in [1.165, 1.54) is 106 Å². The molecular formula is C66H41N3S2. The van der Waals surface area contributed by atoms with Crippen LogP contribution in [0.5, 0.6) is 0 Å². The smallest absolute Gasteiger partial charge is 0.0541 e. The normalized spacial score (nSPS) is 11.9. The van der Waals surface area contributed by atoms with Crippen molar-refractivity contribution in [2.75, 3.05) is 4.90 Å². The maximum Gasteiger partial charge on any atom is 0.0541 e. The minimum Gasteiger partial charge on any atom is -0.310 e. The van der Waals surface area contributed by atoms with Gasteiger partial charge in [0.15, 0.2) is 0 Å². The van der Waals surface area contributed by atoms with Gasteiger partial charge in [0.05, 0.1) is 39.1 Å². The maximum atomic E-state index is 2.45. The number of nitrogens with zero attached hydrogens (tertiary/aromatic N) is 3. The highest BCUT2D eigenvalue weighted by atomic mass is 32.1. The number of benzene rings is 11. The van der Waals surface area contributed by atoms with Gasteiger partial charge in [-0.15, -0.1) is 22.7 Å². The molecule has 0 amide bonds. The summed E-state index contributed by atoms with van der Waals surface area (Å²) in [5, 5.41) is 10.2. The van der Waals surface area contributed by atoms with E-state index in [1.807, 2.05) is 22.7 Å². The summed E-state index contributed by atoms with van der Waals surface area (Å²) in [5.74, 6) is 0. The topological polar surface area (TPSA) is 13.1 Å². The van der Waals surface area contributed by atoms with E-state index in [-0.39, 0.29) is 0 Å². The van der Waals surface area contributed by atoms with E-state index in [4.69, 9.17) is 0 Å². The Morgan fingerprint density at radius 2 is 0.563 bits per heavy atom. The first-order valence-electron chi connectivity index (χ1n) is 24.1. The average Bonchev–Trinajstić information content (AvgIpc) is 4.19. The van der Waals surface area contributed by atoms with Crippen LogP contribution in [0.1, 0.15) is 0 Å². The molecule has 0 fully saturated rings. The highest BCUT2D eigenvalue weighted by molar-refractivity contribution is 7.26. The van der Waals surface area contributed by atoms with Crippen LogP contribution < -0.4 is 4.90 Å². The van der Waals surface area contributed by atoms with Crippen LogP contribution in [-0.4, -0.2) is 9.13 Å². The molecule has 0 unspecified atom stereocenters. The molecule has 0 aliphatic heterocycles. The van der Waals surface area contributed by atoms with Gasteiger partial charge in [-0.3, -0.25) is 0 Å². The van der Waals surface area contributed by atoms with Gasteiger partial charge in [0.2, 0.25) is 0 Å². The maximum absolute atomic E-state index is 2.45. The molecule has 3 nitrogen and oxygen atoms in total. The lowest BCUT2D eigenvalue weighted by atomic mass is 10.0. The average molecular weight is 940 g/mol. The van der Waals surface area contributed by atoms with Gasteiger partial charge < -0.3 is 14.0 Å². The highest BCUT2D eigenvalue weighted by Gasteiger charge is 2.21. The molecule has 4 heterocycles. The van der Waals surface area contributed by atoms with Gasteiger partial charge in [-0.05, 0) is 125 Å². The SMILES string of the molecule is c1ccc2c(c1)sc1ccc(-c3ccc(N(c4ccc(-c5ccc6sc7ccccc7c6c5)cc4)c4cc(-n5c6ccccc6c6ccccc65)cc(-n5c6ccccc6c6ccccc65)c4)cc3)cc12. The number of rotatable bonds is 7. The zero-order valence-electron chi connectivity index (χ0n) is 38.3. The van der Waals surface area contributed by atoms with Gasteiger partial charge in [-0.2, -0.15) is 0 Å². The molecule has 332 valence electrons. The fourth-order valence-electron chi connectivity index (χ4n) is 11.2. The lowest BCUT2D eigenvalue weighted by molar-refractivity contribution is 1.12. The Labute approximate surface area is 417 Å². The lowest BCUT2D eigenvalue weighted by Gasteiger charge is -2.28. The fourth-order valence-corrected chi connectivity index (χ4v) is 13.4. The first-order valence-corrected chi connectivity index (χ1v) is 25.8. The molecular weight excluding hydrogens is 899 g/mol. The van der Waals surface area contributed by atoms with Crippen molar-refractivity contribution < 1.29 is 0 Å². The summed E-state index contributed by atoms with van der Waals surface area (Å²) in [4.78, 5) is 2.44. The summed E-state index contributed by atoms with van der Waals surface area (Å²) < 4.78 is 10.2. The van der Waals surface area contributed by atoms with Crippen LogP contribution in [0.25, 0.3) is 118 Å². The van der Waals surface area contributed by atoms with E-state index in [9.17, 15) is 0 Å². The minimum atomic E-state index is 1.05. The first-order chi connectivity index (χ1) is 35.2. The Morgan fingerprint density at radius 3 is 0.958 bits per heavy atom. The predicted octanol–water partition coefficient (Wildman–Crippen LogP) is 19.4. The van der Waals surface area contributed by atoms with Crippen LogP contribution in [-0.2, 0) is 0 Å². The van der Waals surface area contributed by atoms with Gasteiger partial charge in [-0.1, -0.05) is 146 Å². The van der Waals surface area contributed by atoms with Crippen molar-refractivity contribution in [1.29, 1.82) is 0 Å². The van der Waals surface area contributed by atoms with Crippen molar-refractivity contribution in [1.82, 2.24) is 9.13 Å². The summed E-state index contributed by atoms with van der Waals surface area (Å²) in [6.07, 6.45) is 0. The molecule has 0 atom stereocenters. The number of hydrogen-bond acceptors (Lipinski definition) is 3. The molecule has 0 aliphatic rings. The van der Waals surface area contributed by atoms with E-state index < -0.39 is 0 Å². The van der Waals surface area contributed by atoms with Gasteiger partial charge in [0.25, 0.3) is 0 Å². The molecule has 0 spiro atoms. The molecule has 5 heteroatoms. The Bertz CT molecular complexity index is 4190. The predicted molar refractivity (Wildman–Crippen MR) is 306 cm³/mol. The first kappa shape index (κ1) is 40.2. The minimum absolute atomic E-state index is 1.05. The van der Waals surface area contributed by atoms with Crippen LogP contribution >= 0.6 is 22.7 Å². The number of aromatic nitrogens is 2. The van der Waals surface area contributed by atoms with E-state index >= 15 is 0 Å². The fraction of sp³-hybridized carbons (Fsp3) is 0. The molecule has 0 bridgehead atoms. The third kappa shape index (κ3) is 6.41. The standard InChI is InChI=1S/C66H41N3S2/c1-7-19-59-51(13-1)52-14-2-8-20-60(52)68(59)49-39-48(40-50(41-49)69-61-21-9-3-15-53(61)54-16-4-10-22-62(54)69)67(46-31-25-42(26-32-46)44-29-35-65-57(37-44)55-17-5-11-23-63(55)70-65)47-33-27-43(28-34-47)45-30-36-66-58(38-45)56-18-6-12-24-64(56)71-66/h1-41H. The van der Waals surface area contributed by atoms with Gasteiger partial charge in [0, 0.05) is 73.3 Å². The van der Waals surface area contributed by atoms with Crippen LogP contribution in [0, 0.1) is 0 Å². The van der Waals surface area contributed by atoms with E-state index in [1.54, 1.807) is 0 Å². The van der Waals surface area contributed by atoms with Crippen molar-refractivity contribution in [3.63, 3.8) is 0 Å². The molecule has 4 aromatic heterocycles. The molecule has 0 aliphatic carbocycles. The lowest BCUT2D eigenvalue weighted by Crippen LogP contribution is -2.12. The molecule has 0 saturated carbocycles. The molecule has 0 radical (unpaired) electrons. The van der Waals surface area contributed by atoms with E-state index in [0.717, 1.165) is 28.4 Å². The summed E-state index contributed by atoms with van der Waals surface area (Å²) in [5.41, 5.74) is 14.8. The largest absolute Gasteiger partial charge is 0.310 e. The van der Waals surface area contributed by atoms with Crippen LogP contribution in [0.2, 0.25) is 0 Å². The van der Waals surface area contributed by atoms with Crippen molar-refractivity contribution in [2.45, 2.75) is 0 Å². The summed E-state index contributed by atoms with van der Waals surface area (Å²) in [6.45, 7) is 0. The quantitative estimate of drug-likeness (QED) is 0.155. The molecule has 15 aromatic rings. The molecule has 0 N–H and O–H groups in total. The summed E-state index contributed by atoms with van der Waals surface area (Å²) in [7, 11) is 0. The molecule has 15 rings (SSSR count). The Morgan fingerprint density at radius 1 is 0.239 bits per heavy atom. The van der Waals surface area contributed by atoms with Crippen molar-refractivity contribution >= 4 is 124 Å². The number of anilines is 3. The Hall–Kier alpha value is -8.74. The van der Waals surface area contributed by atoms with E-state index in [2.05, 4.69) is 263 Å². The summed E-state index contributed by atoms with van der Waals surface area (Å²) >= 11 is 3.72. The second-order valence-corrected chi connectivity index (χ2v) is 20.7. The van der Waals surface area contributed by atoms with E-state index in [0.29, 0.717) is 0 Å². The molecule has 0 saturated heterocycles. The second kappa shape index (κ2) is 15.9. The number of thiophene rings is 2. The van der Waals surface area contributed by atoms with Crippen LogP contribution in [0.3, 0.4) is 0 Å².